The third kappa shape index (κ3) is 10.8. The number of hydrogen-bond donors (Lipinski definition) is 5. The number of nitrogen functional groups attached to an aromatic ring is 1. The first-order valence-corrected chi connectivity index (χ1v) is 18.9. The second-order valence-corrected chi connectivity index (χ2v) is 15.5. The molecule has 0 spiro atoms. The van der Waals surface area contributed by atoms with Crippen LogP contribution < -0.4 is 20.6 Å². The minimum absolute atomic E-state index is 0.0116. The van der Waals surface area contributed by atoms with E-state index in [2.05, 4.69) is 25.1 Å². The highest BCUT2D eigenvalue weighted by atomic mass is 31.2. The fourth-order valence-corrected chi connectivity index (χ4v) is 7.30. The Kier molecular flexibility index (Phi) is 15.4. The van der Waals surface area contributed by atoms with Crippen molar-refractivity contribution in [3.63, 3.8) is 0 Å². The smallest absolute Gasteiger partial charge is 0.342 e. The van der Waals surface area contributed by atoms with E-state index in [0.29, 0.717) is 12.8 Å². The summed E-state index contributed by atoms with van der Waals surface area (Å²) < 4.78 is 44.5. The van der Waals surface area contributed by atoms with Crippen molar-refractivity contribution in [1.82, 2.24) is 29.7 Å². The van der Waals surface area contributed by atoms with Crippen molar-refractivity contribution in [2.24, 2.45) is 11.8 Å². The van der Waals surface area contributed by atoms with Gasteiger partial charge < -0.3 is 39.4 Å². The van der Waals surface area contributed by atoms with Crippen molar-refractivity contribution >= 4 is 36.7 Å². The van der Waals surface area contributed by atoms with Gasteiger partial charge in [-0.1, -0.05) is 54.4 Å². The third-order valence-corrected chi connectivity index (χ3v) is 9.96. The van der Waals surface area contributed by atoms with Crippen molar-refractivity contribution in [3.8, 4) is 5.88 Å². The number of rotatable bonds is 21. The molecule has 284 valence electrons. The van der Waals surface area contributed by atoms with Gasteiger partial charge in [-0.05, 0) is 44.4 Å². The first-order chi connectivity index (χ1) is 23.6. The molecule has 6 atom stereocenters. The van der Waals surface area contributed by atoms with Crippen LogP contribution >= 0.6 is 7.67 Å². The average Bonchev–Trinajstić information content (AvgIpc) is 3.55. The van der Waals surface area contributed by atoms with Gasteiger partial charge in [-0.3, -0.25) is 18.7 Å². The van der Waals surface area contributed by atoms with E-state index < -0.39 is 62.3 Å². The topological polar surface area (TPSA) is 232 Å². The van der Waals surface area contributed by atoms with Gasteiger partial charge >= 0.3 is 19.6 Å². The number of unbranched alkanes of at least 4 members (excludes halogenated alkanes) is 2. The molecule has 1 fully saturated rings. The molecule has 1 aliphatic rings. The molecule has 2 aromatic heterocycles. The standard InChI is InChI=1S/C32H56N7O10P/c1-9-11-13-46-28(41)21(15-19(3)4)37-50(44,38-22(16-20(5)6)29(42)47-14-12-10-2)48-17-23-25(40)32(7,43)30(49-23)39-18-34-24-26(39)35-31(33)36-27(24)45-8/h18-23,25,30,40,43H,9-17H2,1-8H3,(H2,33,35,36)(H2,37,38,44)/t21-,22-,23+,25+,30+,32+/m0/s1. The van der Waals surface area contributed by atoms with Crippen LogP contribution in [0.15, 0.2) is 6.33 Å². The molecule has 1 saturated heterocycles. The summed E-state index contributed by atoms with van der Waals surface area (Å²) in [7, 11) is -2.94. The molecule has 2 aromatic rings. The molecule has 0 aliphatic carbocycles. The minimum atomic E-state index is -4.33. The zero-order chi connectivity index (χ0) is 37.2. The zero-order valence-electron chi connectivity index (χ0n) is 30.5. The first-order valence-electron chi connectivity index (χ1n) is 17.3. The van der Waals surface area contributed by atoms with E-state index in [9.17, 15) is 24.4 Å². The van der Waals surface area contributed by atoms with Crippen molar-refractivity contribution in [2.45, 2.75) is 123 Å². The van der Waals surface area contributed by atoms with Gasteiger partial charge in [-0.15, -0.1) is 0 Å². The number of nitrogens with two attached hydrogens (primary N) is 1. The lowest BCUT2D eigenvalue weighted by Gasteiger charge is -2.30. The number of aromatic nitrogens is 4. The van der Waals surface area contributed by atoms with Gasteiger partial charge in [0.1, 0.15) is 29.9 Å². The highest BCUT2D eigenvalue weighted by Gasteiger charge is 2.54. The van der Waals surface area contributed by atoms with E-state index in [4.69, 9.17) is 29.2 Å². The number of esters is 2. The number of ether oxygens (including phenoxy) is 4. The molecule has 0 saturated carbocycles. The number of methoxy groups -OCH3 is 1. The van der Waals surface area contributed by atoms with Gasteiger partial charge in [-0.2, -0.15) is 9.97 Å². The fourth-order valence-electron chi connectivity index (χ4n) is 5.48. The van der Waals surface area contributed by atoms with Gasteiger partial charge in [0.15, 0.2) is 17.4 Å². The largest absolute Gasteiger partial charge is 0.479 e. The molecule has 0 unspecified atom stereocenters. The first kappa shape index (κ1) is 41.5. The molecule has 18 heteroatoms. The Balaban J connectivity index is 1.94. The fraction of sp³-hybridized carbons (Fsp3) is 0.781. The minimum Gasteiger partial charge on any atom is -0.479 e. The number of nitrogens with one attached hydrogen (secondary N) is 2. The SMILES string of the molecule is CCCCOC(=O)[C@H](CC(C)C)NP(=O)(N[C@@H](CC(C)C)C(=O)OCCCC)OC[C@H]1O[C@@H](n2cnc3c(OC)nc(N)nc32)[C@](C)(O)[C@@H]1O. The van der Waals surface area contributed by atoms with Gasteiger partial charge in [0.25, 0.3) is 0 Å². The molecule has 0 amide bonds. The summed E-state index contributed by atoms with van der Waals surface area (Å²) in [6.45, 7) is 12.7. The van der Waals surface area contributed by atoms with Crippen LogP contribution in [0, 0.1) is 11.8 Å². The number of nitrogens with zero attached hydrogens (tertiary/aromatic N) is 4. The van der Waals surface area contributed by atoms with E-state index >= 15 is 0 Å². The number of carbonyl (C=O) groups is 2. The molecule has 3 rings (SSSR count). The Morgan fingerprint density at radius 3 is 2.06 bits per heavy atom. The molecule has 6 N–H and O–H groups in total. The molecule has 0 aromatic carbocycles. The van der Waals surface area contributed by atoms with Crippen LogP contribution in [0.3, 0.4) is 0 Å². The van der Waals surface area contributed by atoms with Gasteiger partial charge in [0, 0.05) is 0 Å². The normalized spacial score (nSPS) is 22.3. The van der Waals surface area contributed by atoms with E-state index in [0.717, 1.165) is 12.8 Å². The van der Waals surface area contributed by atoms with E-state index in [-0.39, 0.29) is 60.9 Å². The van der Waals surface area contributed by atoms with Crippen molar-refractivity contribution in [2.75, 3.05) is 32.7 Å². The van der Waals surface area contributed by atoms with E-state index in [1.54, 1.807) is 0 Å². The van der Waals surface area contributed by atoms with Crippen molar-refractivity contribution in [1.29, 1.82) is 0 Å². The average molecular weight is 730 g/mol. The number of aliphatic hydroxyl groups excluding tert-OH is 1. The second-order valence-electron chi connectivity index (χ2n) is 13.6. The molecule has 50 heavy (non-hydrogen) atoms. The second kappa shape index (κ2) is 18.5. The summed E-state index contributed by atoms with van der Waals surface area (Å²) in [6.07, 6.45) is 0.714. The molecular weight excluding hydrogens is 673 g/mol. The summed E-state index contributed by atoms with van der Waals surface area (Å²) in [4.78, 5) is 39.0. The number of hydrogen-bond acceptors (Lipinski definition) is 14. The maximum atomic E-state index is 14.8. The summed E-state index contributed by atoms with van der Waals surface area (Å²) in [5.74, 6) is -1.26. The van der Waals surface area contributed by atoms with Crippen LogP contribution in [0.4, 0.5) is 5.95 Å². The number of imidazole rings is 1. The number of fused-ring (bicyclic) bond motifs is 1. The summed E-state index contributed by atoms with van der Waals surface area (Å²) in [6, 6.07) is -2.13. The lowest BCUT2D eigenvalue weighted by Crippen LogP contribution is -2.47. The summed E-state index contributed by atoms with van der Waals surface area (Å²) in [5, 5.41) is 28.4. The Morgan fingerprint density at radius 1 is 1.04 bits per heavy atom. The molecule has 0 radical (unpaired) electrons. The van der Waals surface area contributed by atoms with Crippen LogP contribution in [-0.2, 0) is 32.9 Å². The Morgan fingerprint density at radius 2 is 1.58 bits per heavy atom. The van der Waals surface area contributed by atoms with Crippen LogP contribution in [0.25, 0.3) is 11.2 Å². The Bertz CT molecular complexity index is 1410. The molecule has 1 aliphatic heterocycles. The molecular formula is C32H56N7O10P. The third-order valence-electron chi connectivity index (χ3n) is 8.15. The number of anilines is 1. The van der Waals surface area contributed by atoms with E-state index in [1.807, 2.05) is 41.5 Å². The van der Waals surface area contributed by atoms with Crippen molar-refractivity contribution < 1.29 is 47.8 Å². The highest BCUT2D eigenvalue weighted by molar-refractivity contribution is 7.54. The predicted molar refractivity (Wildman–Crippen MR) is 185 cm³/mol. The van der Waals surface area contributed by atoms with Crippen LogP contribution in [0.5, 0.6) is 5.88 Å². The predicted octanol–water partition coefficient (Wildman–Crippen LogP) is 3.25. The van der Waals surface area contributed by atoms with Crippen LogP contribution in [0.1, 0.15) is 93.2 Å². The monoisotopic (exact) mass is 729 g/mol. The maximum absolute atomic E-state index is 14.8. The zero-order valence-corrected chi connectivity index (χ0v) is 31.4. The summed E-state index contributed by atoms with van der Waals surface area (Å²) in [5.41, 5.74) is 4.37. The highest BCUT2D eigenvalue weighted by Crippen LogP contribution is 2.45. The van der Waals surface area contributed by atoms with Crippen LogP contribution in [-0.4, -0.2) is 98.5 Å². The van der Waals surface area contributed by atoms with Gasteiger partial charge in [0.05, 0.1) is 33.3 Å². The van der Waals surface area contributed by atoms with Crippen LogP contribution in [0.2, 0.25) is 0 Å². The maximum Gasteiger partial charge on any atom is 0.342 e. The van der Waals surface area contributed by atoms with Crippen molar-refractivity contribution in [3.05, 3.63) is 6.33 Å². The lowest BCUT2D eigenvalue weighted by atomic mass is 9.96. The number of carbonyl (C=O) groups excluding carboxylic acids is 2. The lowest BCUT2D eigenvalue weighted by molar-refractivity contribution is -0.146. The molecule has 0 bridgehead atoms. The summed E-state index contributed by atoms with van der Waals surface area (Å²) >= 11 is 0. The van der Waals surface area contributed by atoms with Gasteiger partial charge in [0.2, 0.25) is 11.8 Å². The Labute approximate surface area is 293 Å². The molecule has 17 nitrogen and oxygen atoms in total. The van der Waals surface area contributed by atoms with E-state index in [1.165, 1.54) is 24.9 Å². The molecule has 3 heterocycles. The quantitative estimate of drug-likeness (QED) is 0.0705. The Hall–Kier alpha value is -2.92. The van der Waals surface area contributed by atoms with Gasteiger partial charge in [-0.25, -0.2) is 15.2 Å². The number of aliphatic hydroxyl groups is 2.